The first-order chi connectivity index (χ1) is 12.9. The van der Waals surface area contributed by atoms with Crippen molar-refractivity contribution in [2.24, 2.45) is 0 Å². The van der Waals surface area contributed by atoms with E-state index in [0.717, 1.165) is 0 Å². The summed E-state index contributed by atoms with van der Waals surface area (Å²) in [6.07, 6.45) is 0. The molecule has 0 radical (unpaired) electrons. The topological polar surface area (TPSA) is 127 Å². The van der Waals surface area contributed by atoms with Crippen molar-refractivity contribution in [1.82, 2.24) is 0 Å². The summed E-state index contributed by atoms with van der Waals surface area (Å²) in [5, 5.41) is 19.5. The van der Waals surface area contributed by atoms with E-state index in [1.807, 2.05) is 0 Å². The summed E-state index contributed by atoms with van der Waals surface area (Å²) in [5.74, 6) is 0. The van der Waals surface area contributed by atoms with Crippen molar-refractivity contribution in [3.8, 4) is 0 Å². The second kappa shape index (κ2) is 7.16. The number of nitro benzene ring substituents is 1. The van der Waals surface area contributed by atoms with Crippen LogP contribution in [0.15, 0.2) is 51.7 Å². The molecule has 1 heterocycles. The summed E-state index contributed by atoms with van der Waals surface area (Å²) in [6, 6.07) is 10.5. The Morgan fingerprint density at radius 3 is 2.56 bits per heavy atom. The number of carbonyl (C=O) groups is 1. The van der Waals surface area contributed by atoms with Crippen LogP contribution < -0.4 is 21.6 Å². The van der Waals surface area contributed by atoms with Gasteiger partial charge >= 0.3 is 11.7 Å². The minimum absolute atomic E-state index is 0.0132. The average Bonchev–Trinajstić information content (AvgIpc) is 2.63. The Bertz CT molecular complexity index is 1110. The number of benzene rings is 2. The fraction of sp³-hybridized carbons (Fsp3) is 0.111. The monoisotopic (exact) mass is 368 g/mol. The van der Waals surface area contributed by atoms with E-state index in [2.05, 4.69) is 16.0 Å². The first-order valence-electron chi connectivity index (χ1n) is 7.97. The van der Waals surface area contributed by atoms with Gasteiger partial charge in [0.2, 0.25) is 0 Å². The number of carbonyl (C=O) groups excluding carboxylic acids is 1. The summed E-state index contributed by atoms with van der Waals surface area (Å²) < 4.78 is 5.22. The lowest BCUT2D eigenvalue weighted by Gasteiger charge is -2.12. The molecule has 2 aromatic carbocycles. The van der Waals surface area contributed by atoms with Crippen LogP contribution in [0.4, 0.5) is 27.5 Å². The number of hydrogen-bond donors (Lipinski definition) is 3. The molecule has 0 spiro atoms. The third-order valence-corrected chi connectivity index (χ3v) is 3.90. The number of nitro groups is 1. The highest BCUT2D eigenvalue weighted by Gasteiger charge is 2.19. The molecule has 3 aromatic rings. The van der Waals surface area contributed by atoms with Crippen LogP contribution >= 0.6 is 0 Å². The molecule has 0 aliphatic heterocycles. The van der Waals surface area contributed by atoms with Crippen LogP contribution in [0.25, 0.3) is 11.0 Å². The number of amides is 2. The molecule has 0 aliphatic carbocycles. The van der Waals surface area contributed by atoms with Crippen LogP contribution in [0, 0.1) is 17.0 Å². The molecule has 9 heteroatoms. The van der Waals surface area contributed by atoms with Gasteiger partial charge in [-0.15, -0.1) is 0 Å². The van der Waals surface area contributed by atoms with Crippen molar-refractivity contribution >= 4 is 39.7 Å². The van der Waals surface area contributed by atoms with Crippen molar-refractivity contribution in [3.63, 3.8) is 0 Å². The largest absolute Gasteiger partial charge is 0.421 e. The average molecular weight is 368 g/mol. The van der Waals surface area contributed by atoms with Crippen LogP contribution in [0.1, 0.15) is 5.56 Å². The lowest BCUT2D eigenvalue weighted by Crippen LogP contribution is -2.24. The Kier molecular flexibility index (Phi) is 4.75. The number of para-hydroxylation sites is 1. The number of nitrogens with zero attached hydrogens (tertiary/aromatic N) is 1. The van der Waals surface area contributed by atoms with Gasteiger partial charge in [-0.1, -0.05) is 18.2 Å². The lowest BCUT2D eigenvalue weighted by molar-refractivity contribution is -0.384. The highest BCUT2D eigenvalue weighted by Crippen LogP contribution is 2.29. The predicted molar refractivity (Wildman–Crippen MR) is 103 cm³/mol. The SMILES string of the molecule is CNc1c(NC(=O)Nc2ccc(C)cc2[N+](=O)[O-])c(=O)oc2ccccc12. The van der Waals surface area contributed by atoms with Gasteiger partial charge < -0.3 is 15.1 Å². The molecule has 27 heavy (non-hydrogen) atoms. The Hall–Kier alpha value is -3.88. The molecule has 138 valence electrons. The van der Waals surface area contributed by atoms with Crippen LogP contribution in [0.2, 0.25) is 0 Å². The molecule has 0 saturated heterocycles. The maximum atomic E-state index is 12.3. The molecule has 0 saturated carbocycles. The van der Waals surface area contributed by atoms with Gasteiger partial charge in [-0.25, -0.2) is 9.59 Å². The van der Waals surface area contributed by atoms with Gasteiger partial charge in [0.25, 0.3) is 5.69 Å². The van der Waals surface area contributed by atoms with Gasteiger partial charge in [0.1, 0.15) is 11.3 Å². The molecule has 0 bridgehead atoms. The van der Waals surface area contributed by atoms with Crippen LogP contribution in [0.5, 0.6) is 0 Å². The number of fused-ring (bicyclic) bond motifs is 1. The van der Waals surface area contributed by atoms with E-state index in [1.165, 1.54) is 12.1 Å². The Balaban J connectivity index is 1.95. The van der Waals surface area contributed by atoms with Gasteiger partial charge in [-0.2, -0.15) is 0 Å². The zero-order valence-electron chi connectivity index (χ0n) is 14.5. The maximum absolute atomic E-state index is 12.3. The van der Waals surface area contributed by atoms with Gasteiger partial charge in [0, 0.05) is 18.5 Å². The Labute approximate surface area is 153 Å². The number of anilines is 3. The lowest BCUT2D eigenvalue weighted by atomic mass is 10.2. The molecule has 0 atom stereocenters. The second-order valence-electron chi connectivity index (χ2n) is 5.74. The zero-order valence-corrected chi connectivity index (χ0v) is 14.5. The quantitative estimate of drug-likeness (QED) is 0.366. The molecule has 0 aliphatic rings. The van der Waals surface area contributed by atoms with Crippen molar-refractivity contribution < 1.29 is 14.1 Å². The fourth-order valence-corrected chi connectivity index (χ4v) is 2.69. The Morgan fingerprint density at radius 1 is 1.11 bits per heavy atom. The number of urea groups is 1. The number of rotatable bonds is 4. The van der Waals surface area contributed by atoms with E-state index < -0.39 is 16.6 Å². The molecule has 2 amide bonds. The summed E-state index contributed by atoms with van der Waals surface area (Å²) in [4.78, 5) is 35.2. The first-order valence-corrected chi connectivity index (χ1v) is 7.97. The van der Waals surface area contributed by atoms with E-state index in [1.54, 1.807) is 44.3 Å². The first kappa shape index (κ1) is 17.9. The molecule has 9 nitrogen and oxygen atoms in total. The van der Waals surface area contributed by atoms with Crippen LogP contribution in [-0.2, 0) is 0 Å². The molecule has 1 aromatic heterocycles. The van der Waals surface area contributed by atoms with Crippen molar-refractivity contribution in [1.29, 1.82) is 0 Å². The predicted octanol–water partition coefficient (Wildman–Crippen LogP) is 3.70. The van der Waals surface area contributed by atoms with E-state index in [0.29, 0.717) is 22.2 Å². The smallest absolute Gasteiger partial charge is 0.362 e. The third kappa shape index (κ3) is 3.56. The molecular weight excluding hydrogens is 352 g/mol. The summed E-state index contributed by atoms with van der Waals surface area (Å²) in [7, 11) is 1.61. The summed E-state index contributed by atoms with van der Waals surface area (Å²) in [6.45, 7) is 1.70. The molecular formula is C18H16N4O5. The molecule has 3 rings (SSSR count). The number of hydrogen-bond acceptors (Lipinski definition) is 6. The highest BCUT2D eigenvalue weighted by atomic mass is 16.6. The number of aryl methyl sites for hydroxylation is 1. The maximum Gasteiger partial charge on any atom is 0.362 e. The number of nitrogens with one attached hydrogen (secondary N) is 3. The minimum Gasteiger partial charge on any atom is -0.421 e. The van der Waals surface area contributed by atoms with Crippen LogP contribution in [-0.4, -0.2) is 18.0 Å². The van der Waals surface area contributed by atoms with Gasteiger partial charge in [-0.05, 0) is 30.7 Å². The van der Waals surface area contributed by atoms with E-state index >= 15 is 0 Å². The summed E-state index contributed by atoms with van der Waals surface area (Å²) in [5.41, 5.74) is 0.363. The van der Waals surface area contributed by atoms with Crippen molar-refractivity contribution in [2.75, 3.05) is 23.0 Å². The molecule has 3 N–H and O–H groups in total. The van der Waals surface area contributed by atoms with Gasteiger partial charge in [-0.3, -0.25) is 15.4 Å². The van der Waals surface area contributed by atoms with Crippen molar-refractivity contribution in [2.45, 2.75) is 6.92 Å². The summed E-state index contributed by atoms with van der Waals surface area (Å²) >= 11 is 0. The van der Waals surface area contributed by atoms with Gasteiger partial charge in [0.05, 0.1) is 10.6 Å². The zero-order chi connectivity index (χ0) is 19.6. The van der Waals surface area contributed by atoms with Crippen LogP contribution in [0.3, 0.4) is 0 Å². The standard InChI is InChI=1S/C18H16N4O5/c1-10-7-8-12(13(9-10)22(25)26)20-18(24)21-16-15(19-2)11-5-3-4-6-14(11)27-17(16)23/h3-9,19H,1-2H3,(H2,20,21,24). The third-order valence-electron chi connectivity index (χ3n) is 3.90. The fourth-order valence-electron chi connectivity index (χ4n) is 2.69. The van der Waals surface area contributed by atoms with E-state index in [-0.39, 0.29) is 17.1 Å². The van der Waals surface area contributed by atoms with E-state index in [4.69, 9.17) is 4.42 Å². The molecule has 0 unspecified atom stereocenters. The normalized spacial score (nSPS) is 10.4. The van der Waals surface area contributed by atoms with Crippen molar-refractivity contribution in [3.05, 3.63) is 68.6 Å². The second-order valence-corrected chi connectivity index (χ2v) is 5.74. The minimum atomic E-state index is -0.805. The Morgan fingerprint density at radius 2 is 1.85 bits per heavy atom. The molecule has 0 fully saturated rings. The highest BCUT2D eigenvalue weighted by molar-refractivity contribution is 6.06. The van der Waals surface area contributed by atoms with Gasteiger partial charge in [0.15, 0.2) is 5.69 Å². The van der Waals surface area contributed by atoms with E-state index in [9.17, 15) is 19.7 Å².